The minimum Gasteiger partial charge on any atom is -0.478 e. The van der Waals surface area contributed by atoms with Gasteiger partial charge in [0.15, 0.2) is 6.10 Å². The van der Waals surface area contributed by atoms with Crippen molar-refractivity contribution in [3.8, 4) is 18.1 Å². The van der Waals surface area contributed by atoms with Gasteiger partial charge in [-0.05, 0) is 38.1 Å². The second kappa shape index (κ2) is 9.33. The normalized spacial score (nSPS) is 13.8. The van der Waals surface area contributed by atoms with E-state index in [0.717, 1.165) is 4.90 Å². The number of halogens is 3. The first kappa shape index (κ1) is 20.8. The zero-order valence-corrected chi connectivity index (χ0v) is 14.5. The van der Waals surface area contributed by atoms with Crippen LogP contribution in [0, 0.1) is 12.3 Å². The van der Waals surface area contributed by atoms with Crippen molar-refractivity contribution < 1.29 is 27.4 Å². The monoisotopic (exact) mass is 357 g/mol. The van der Waals surface area contributed by atoms with E-state index >= 15 is 0 Å². The minimum atomic E-state index is -4.37. The molecular weight excluding hydrogens is 335 g/mol. The van der Waals surface area contributed by atoms with Crippen LogP contribution in [0.4, 0.5) is 13.2 Å². The number of carbonyl (C=O) groups excluding carboxylic acids is 1. The van der Waals surface area contributed by atoms with Gasteiger partial charge in [0.05, 0.1) is 6.54 Å². The Bertz CT molecular complexity index is 593. The Kier molecular flexibility index (Phi) is 7.78. The summed E-state index contributed by atoms with van der Waals surface area (Å²) < 4.78 is 47.6. The second-order valence-electron chi connectivity index (χ2n) is 5.64. The van der Waals surface area contributed by atoms with Crippen molar-refractivity contribution in [2.75, 3.05) is 13.6 Å². The van der Waals surface area contributed by atoms with Crippen molar-refractivity contribution in [3.05, 3.63) is 29.8 Å². The van der Waals surface area contributed by atoms with Crippen LogP contribution in [0.15, 0.2) is 24.3 Å². The summed E-state index contributed by atoms with van der Waals surface area (Å²) in [5.74, 6) is 2.40. The van der Waals surface area contributed by atoms with E-state index in [1.54, 1.807) is 24.3 Å². The van der Waals surface area contributed by atoms with E-state index in [1.807, 2.05) is 6.92 Å². The summed E-state index contributed by atoms with van der Waals surface area (Å²) in [6.45, 7) is 2.07. The molecule has 7 heteroatoms. The van der Waals surface area contributed by atoms with Gasteiger partial charge in [-0.2, -0.15) is 13.2 Å². The molecule has 2 atom stereocenters. The fraction of sp³-hybridized carbons (Fsp3) is 0.500. The Labute approximate surface area is 145 Å². The quantitative estimate of drug-likeness (QED) is 0.528. The molecule has 1 rings (SSSR count). The van der Waals surface area contributed by atoms with Gasteiger partial charge in [-0.15, -0.1) is 6.42 Å². The Morgan fingerprint density at radius 2 is 1.92 bits per heavy atom. The van der Waals surface area contributed by atoms with Crippen LogP contribution in [0.5, 0.6) is 5.75 Å². The number of hydrogen-bond acceptors (Lipinski definition) is 4. The summed E-state index contributed by atoms with van der Waals surface area (Å²) >= 11 is 0. The van der Waals surface area contributed by atoms with Crippen molar-refractivity contribution in [2.24, 2.45) is 0 Å². The molecule has 4 nitrogen and oxygen atoms in total. The first-order chi connectivity index (χ1) is 11.7. The highest BCUT2D eigenvalue weighted by Gasteiger charge is 2.33. The molecule has 0 spiro atoms. The number of terminal acetylenes is 1. The Morgan fingerprint density at radius 1 is 1.32 bits per heavy atom. The number of likely N-dealkylation sites (N-methyl/N-ethyl adjacent to an activating group) is 1. The largest absolute Gasteiger partial charge is 0.478 e. The minimum absolute atomic E-state index is 0.0321. The molecule has 0 unspecified atom stereocenters. The average molecular weight is 357 g/mol. The number of alkyl halides is 3. The molecule has 0 N–H and O–H groups in total. The number of carbonyl (C=O) groups is 1. The van der Waals surface area contributed by atoms with E-state index in [2.05, 4.69) is 5.92 Å². The molecule has 1 aromatic rings. The van der Waals surface area contributed by atoms with Crippen LogP contribution in [0.1, 0.15) is 25.8 Å². The van der Waals surface area contributed by atoms with Gasteiger partial charge in [0.2, 0.25) is 0 Å². The maximum Gasteiger partial charge on any atom is 0.401 e. The lowest BCUT2D eigenvalue weighted by atomic mass is 10.2. The lowest BCUT2D eigenvalue weighted by Crippen LogP contribution is -2.42. The molecule has 0 fully saturated rings. The van der Waals surface area contributed by atoms with Gasteiger partial charge in [0.25, 0.3) is 0 Å². The maximum atomic E-state index is 12.3. The molecule has 0 heterocycles. The van der Waals surface area contributed by atoms with Gasteiger partial charge in [-0.25, -0.2) is 0 Å². The van der Waals surface area contributed by atoms with Crippen molar-refractivity contribution in [3.63, 3.8) is 0 Å². The van der Waals surface area contributed by atoms with Crippen LogP contribution in [-0.2, 0) is 16.1 Å². The molecule has 0 bridgehead atoms. The first-order valence-electron chi connectivity index (χ1n) is 7.81. The lowest BCUT2D eigenvalue weighted by Gasteiger charge is -2.24. The number of hydrogen-bond donors (Lipinski definition) is 0. The van der Waals surface area contributed by atoms with E-state index in [-0.39, 0.29) is 12.7 Å². The predicted octanol–water partition coefficient (Wildman–Crippen LogP) is 3.40. The zero-order chi connectivity index (χ0) is 19.0. The highest BCUT2D eigenvalue weighted by atomic mass is 19.4. The fourth-order valence-corrected chi connectivity index (χ4v) is 1.94. The van der Waals surface area contributed by atoms with E-state index in [4.69, 9.17) is 15.9 Å². The molecule has 0 aliphatic rings. The SMILES string of the molecule is C#C[C@H](CC)Oc1ccc(COC(=O)[C@H](C)N(C)CC(F)(F)F)cc1. The van der Waals surface area contributed by atoms with Crippen LogP contribution in [0.3, 0.4) is 0 Å². The smallest absolute Gasteiger partial charge is 0.401 e. The van der Waals surface area contributed by atoms with Crippen molar-refractivity contribution in [2.45, 2.75) is 45.2 Å². The summed E-state index contributed by atoms with van der Waals surface area (Å²) in [4.78, 5) is 12.7. The maximum absolute atomic E-state index is 12.3. The van der Waals surface area contributed by atoms with Crippen molar-refractivity contribution >= 4 is 5.97 Å². The lowest BCUT2D eigenvalue weighted by molar-refractivity contribution is -0.162. The van der Waals surface area contributed by atoms with Gasteiger partial charge < -0.3 is 9.47 Å². The van der Waals surface area contributed by atoms with Gasteiger partial charge in [-0.1, -0.05) is 25.0 Å². The van der Waals surface area contributed by atoms with Crippen LogP contribution >= 0.6 is 0 Å². The topological polar surface area (TPSA) is 38.8 Å². The molecule has 0 aromatic heterocycles. The fourth-order valence-electron chi connectivity index (χ4n) is 1.94. The van der Waals surface area contributed by atoms with E-state index in [1.165, 1.54) is 14.0 Å². The van der Waals surface area contributed by atoms with Crippen LogP contribution in [0.2, 0.25) is 0 Å². The highest BCUT2D eigenvalue weighted by Crippen LogP contribution is 2.18. The summed E-state index contributed by atoms with van der Waals surface area (Å²) in [5.41, 5.74) is 0.695. The van der Waals surface area contributed by atoms with Crippen LogP contribution in [0.25, 0.3) is 0 Å². The third-order valence-electron chi connectivity index (χ3n) is 3.57. The third-order valence-corrected chi connectivity index (χ3v) is 3.57. The molecule has 0 aliphatic heterocycles. The van der Waals surface area contributed by atoms with Crippen molar-refractivity contribution in [1.82, 2.24) is 4.90 Å². The number of nitrogens with zero attached hydrogens (tertiary/aromatic N) is 1. The van der Waals surface area contributed by atoms with Gasteiger partial charge in [0.1, 0.15) is 18.4 Å². The molecular formula is C18H22F3NO3. The second-order valence-corrected chi connectivity index (χ2v) is 5.64. The first-order valence-corrected chi connectivity index (χ1v) is 7.81. The van der Waals surface area contributed by atoms with Gasteiger partial charge >= 0.3 is 12.1 Å². The van der Waals surface area contributed by atoms with Crippen LogP contribution in [-0.4, -0.2) is 42.8 Å². The summed E-state index contributed by atoms with van der Waals surface area (Å²) in [7, 11) is 1.22. The zero-order valence-electron chi connectivity index (χ0n) is 14.5. The van der Waals surface area contributed by atoms with Gasteiger partial charge in [0, 0.05) is 0 Å². The van der Waals surface area contributed by atoms with E-state index in [9.17, 15) is 18.0 Å². The molecule has 1 aromatic carbocycles. The number of benzene rings is 1. The number of rotatable bonds is 8. The molecule has 0 amide bonds. The molecule has 0 aliphatic carbocycles. The summed E-state index contributed by atoms with van der Waals surface area (Å²) in [5, 5.41) is 0. The van der Waals surface area contributed by atoms with E-state index in [0.29, 0.717) is 17.7 Å². The van der Waals surface area contributed by atoms with Crippen molar-refractivity contribution in [1.29, 1.82) is 0 Å². The standard InChI is InChI=1S/C18H22F3NO3/c1-5-15(6-2)25-16-9-7-14(8-10-16)11-24-17(23)13(3)22(4)12-18(19,20)21/h1,7-10,13,15H,6,11-12H2,2-4H3/t13-,15+/m0/s1. The number of ether oxygens (including phenoxy) is 2. The summed E-state index contributed by atoms with van der Waals surface area (Å²) in [6.07, 6.45) is 1.33. The predicted molar refractivity (Wildman–Crippen MR) is 87.9 cm³/mol. The molecule has 138 valence electrons. The Hall–Kier alpha value is -2.20. The molecule has 0 saturated carbocycles. The van der Waals surface area contributed by atoms with E-state index < -0.39 is 24.7 Å². The highest BCUT2D eigenvalue weighted by molar-refractivity contribution is 5.75. The summed E-state index contributed by atoms with van der Waals surface area (Å²) in [6, 6.07) is 5.81. The molecule has 0 saturated heterocycles. The average Bonchev–Trinajstić information content (AvgIpc) is 2.56. The van der Waals surface area contributed by atoms with Crippen LogP contribution < -0.4 is 4.74 Å². The Morgan fingerprint density at radius 3 is 2.40 bits per heavy atom. The number of esters is 1. The third kappa shape index (κ3) is 7.48. The Balaban J connectivity index is 2.52. The molecule has 25 heavy (non-hydrogen) atoms. The van der Waals surface area contributed by atoms with Gasteiger partial charge in [-0.3, -0.25) is 9.69 Å². The molecule has 0 radical (unpaired) electrons.